The van der Waals surface area contributed by atoms with Crippen molar-refractivity contribution in [3.05, 3.63) is 35.2 Å². The summed E-state index contributed by atoms with van der Waals surface area (Å²) < 4.78 is 1.32. The van der Waals surface area contributed by atoms with Crippen molar-refractivity contribution < 1.29 is 4.79 Å². The number of hydrogen-bond donors (Lipinski definition) is 1. The van der Waals surface area contributed by atoms with Crippen molar-refractivity contribution >= 4 is 27.3 Å². The molecule has 2 aromatic rings. The van der Waals surface area contributed by atoms with Gasteiger partial charge in [-0.1, -0.05) is 44.4 Å². The van der Waals surface area contributed by atoms with Gasteiger partial charge in [-0.25, -0.2) is 0 Å². The standard InChI is InChI=1S/C18H23NOS/c1-2-8-17(20)19-18(11-6-3-7-12-18)16-13-14-9-4-5-10-15(14)21-16/h4-5,9-10,13H,2-3,6-8,11-12H2,1H3,(H,19,20). The Balaban J connectivity index is 1.95. The molecule has 1 aliphatic rings. The molecule has 1 amide bonds. The largest absolute Gasteiger partial charge is 0.346 e. The maximum absolute atomic E-state index is 12.2. The van der Waals surface area contributed by atoms with Gasteiger partial charge in [0.2, 0.25) is 5.91 Å². The summed E-state index contributed by atoms with van der Waals surface area (Å²) in [4.78, 5) is 13.5. The SMILES string of the molecule is CCCC(=O)NC1(c2cc3ccccc3s2)CCCCC1. The number of hydrogen-bond acceptors (Lipinski definition) is 2. The quantitative estimate of drug-likeness (QED) is 0.848. The Morgan fingerprint density at radius 2 is 2.00 bits per heavy atom. The molecule has 112 valence electrons. The second-order valence-electron chi connectivity index (χ2n) is 6.09. The molecule has 1 N–H and O–H groups in total. The lowest BCUT2D eigenvalue weighted by Gasteiger charge is -2.37. The number of amides is 1. The van der Waals surface area contributed by atoms with Crippen LogP contribution >= 0.6 is 11.3 Å². The van der Waals surface area contributed by atoms with Crippen LogP contribution in [0.3, 0.4) is 0 Å². The first-order chi connectivity index (χ1) is 10.2. The van der Waals surface area contributed by atoms with Crippen LogP contribution in [-0.4, -0.2) is 5.91 Å². The van der Waals surface area contributed by atoms with Crippen molar-refractivity contribution in [1.29, 1.82) is 0 Å². The number of fused-ring (bicyclic) bond motifs is 1. The highest BCUT2D eigenvalue weighted by molar-refractivity contribution is 7.19. The fourth-order valence-corrected chi connectivity index (χ4v) is 4.63. The van der Waals surface area contributed by atoms with E-state index in [0.717, 1.165) is 19.3 Å². The predicted molar refractivity (Wildman–Crippen MR) is 89.6 cm³/mol. The lowest BCUT2D eigenvalue weighted by atomic mass is 9.80. The number of thiophene rings is 1. The first-order valence-corrected chi connectivity index (χ1v) is 8.85. The zero-order valence-corrected chi connectivity index (χ0v) is 13.5. The van der Waals surface area contributed by atoms with Crippen LogP contribution in [0, 0.1) is 0 Å². The molecule has 1 aromatic carbocycles. The summed E-state index contributed by atoms with van der Waals surface area (Å²) in [5.74, 6) is 0.205. The van der Waals surface area contributed by atoms with E-state index in [-0.39, 0.29) is 11.4 Å². The van der Waals surface area contributed by atoms with Gasteiger partial charge in [-0.3, -0.25) is 4.79 Å². The van der Waals surface area contributed by atoms with E-state index in [1.165, 1.54) is 34.2 Å². The fourth-order valence-electron chi connectivity index (χ4n) is 3.36. The molecule has 1 heterocycles. The molecule has 0 atom stereocenters. The van der Waals surface area contributed by atoms with Gasteiger partial charge in [-0.05, 0) is 36.8 Å². The number of benzene rings is 1. The zero-order valence-electron chi connectivity index (χ0n) is 12.7. The number of carbonyl (C=O) groups excluding carboxylic acids is 1. The number of nitrogens with one attached hydrogen (secondary N) is 1. The van der Waals surface area contributed by atoms with E-state index >= 15 is 0 Å². The van der Waals surface area contributed by atoms with Crippen LogP contribution in [0.1, 0.15) is 56.7 Å². The lowest BCUT2D eigenvalue weighted by molar-refractivity contribution is -0.123. The van der Waals surface area contributed by atoms with Crippen molar-refractivity contribution in [1.82, 2.24) is 5.32 Å². The van der Waals surface area contributed by atoms with Crippen LogP contribution < -0.4 is 5.32 Å². The molecule has 0 bridgehead atoms. The zero-order chi connectivity index (χ0) is 14.7. The van der Waals surface area contributed by atoms with Crippen LogP contribution in [0.5, 0.6) is 0 Å². The minimum Gasteiger partial charge on any atom is -0.346 e. The van der Waals surface area contributed by atoms with Gasteiger partial charge in [-0.15, -0.1) is 11.3 Å². The molecule has 3 heteroatoms. The Morgan fingerprint density at radius 1 is 1.24 bits per heavy atom. The molecule has 1 fully saturated rings. The van der Waals surface area contributed by atoms with Crippen LogP contribution in [0.4, 0.5) is 0 Å². The van der Waals surface area contributed by atoms with Gasteiger partial charge in [0.25, 0.3) is 0 Å². The van der Waals surface area contributed by atoms with Gasteiger partial charge in [0.15, 0.2) is 0 Å². The van der Waals surface area contributed by atoms with Gasteiger partial charge in [0.05, 0.1) is 5.54 Å². The molecule has 1 saturated carbocycles. The maximum Gasteiger partial charge on any atom is 0.220 e. The molecule has 0 radical (unpaired) electrons. The third kappa shape index (κ3) is 2.98. The average molecular weight is 301 g/mol. The Morgan fingerprint density at radius 3 is 2.71 bits per heavy atom. The topological polar surface area (TPSA) is 29.1 Å². The van der Waals surface area contributed by atoms with Gasteiger partial charge in [0, 0.05) is 16.0 Å². The van der Waals surface area contributed by atoms with E-state index in [9.17, 15) is 4.79 Å². The summed E-state index contributed by atoms with van der Waals surface area (Å²) in [7, 11) is 0. The molecule has 1 aliphatic carbocycles. The van der Waals surface area contributed by atoms with E-state index in [1.807, 2.05) is 11.3 Å². The van der Waals surface area contributed by atoms with E-state index in [2.05, 4.69) is 42.6 Å². The molecule has 0 aliphatic heterocycles. The van der Waals surface area contributed by atoms with Crippen LogP contribution in [0.15, 0.2) is 30.3 Å². The van der Waals surface area contributed by atoms with E-state index in [1.54, 1.807) is 0 Å². The number of rotatable bonds is 4. The van der Waals surface area contributed by atoms with Crippen molar-refractivity contribution in [2.75, 3.05) is 0 Å². The first kappa shape index (κ1) is 14.6. The summed E-state index contributed by atoms with van der Waals surface area (Å²) in [6.45, 7) is 2.06. The first-order valence-electron chi connectivity index (χ1n) is 8.03. The van der Waals surface area contributed by atoms with Crippen LogP contribution in [0.25, 0.3) is 10.1 Å². The van der Waals surface area contributed by atoms with Gasteiger partial charge in [-0.2, -0.15) is 0 Å². The molecular weight excluding hydrogens is 278 g/mol. The summed E-state index contributed by atoms with van der Waals surface area (Å²) in [5.41, 5.74) is -0.117. The molecule has 0 unspecified atom stereocenters. The van der Waals surface area contributed by atoms with Crippen molar-refractivity contribution in [3.63, 3.8) is 0 Å². The molecule has 2 nitrogen and oxygen atoms in total. The number of carbonyl (C=O) groups is 1. The second kappa shape index (κ2) is 6.18. The predicted octanol–water partition coefficient (Wildman–Crippen LogP) is 4.98. The molecule has 0 spiro atoms. The third-order valence-electron chi connectivity index (χ3n) is 4.46. The van der Waals surface area contributed by atoms with E-state index < -0.39 is 0 Å². The molecular formula is C18H23NOS. The van der Waals surface area contributed by atoms with Crippen LogP contribution in [0.2, 0.25) is 0 Å². The molecule has 0 saturated heterocycles. The summed E-state index contributed by atoms with van der Waals surface area (Å²) >= 11 is 1.85. The van der Waals surface area contributed by atoms with Crippen LogP contribution in [-0.2, 0) is 10.3 Å². The van der Waals surface area contributed by atoms with E-state index in [0.29, 0.717) is 6.42 Å². The molecule has 21 heavy (non-hydrogen) atoms. The smallest absolute Gasteiger partial charge is 0.220 e. The van der Waals surface area contributed by atoms with Gasteiger partial charge < -0.3 is 5.32 Å². The Kier molecular flexibility index (Phi) is 4.29. The highest BCUT2D eigenvalue weighted by Gasteiger charge is 2.36. The highest BCUT2D eigenvalue weighted by atomic mass is 32.1. The average Bonchev–Trinajstić information content (AvgIpc) is 2.93. The summed E-state index contributed by atoms with van der Waals surface area (Å²) in [6.07, 6.45) is 7.41. The Bertz CT molecular complexity index is 592. The fraction of sp³-hybridized carbons (Fsp3) is 0.500. The van der Waals surface area contributed by atoms with Crippen molar-refractivity contribution in [2.45, 2.75) is 57.4 Å². The van der Waals surface area contributed by atoms with Gasteiger partial charge >= 0.3 is 0 Å². The summed E-state index contributed by atoms with van der Waals surface area (Å²) in [5, 5.41) is 4.68. The monoisotopic (exact) mass is 301 g/mol. The summed E-state index contributed by atoms with van der Waals surface area (Å²) in [6, 6.07) is 10.8. The second-order valence-corrected chi connectivity index (χ2v) is 7.17. The maximum atomic E-state index is 12.2. The Labute approximate surface area is 130 Å². The highest BCUT2D eigenvalue weighted by Crippen LogP contribution is 2.42. The lowest BCUT2D eigenvalue weighted by Crippen LogP contribution is -2.46. The normalized spacial score (nSPS) is 17.8. The molecule has 1 aromatic heterocycles. The van der Waals surface area contributed by atoms with Gasteiger partial charge in [0.1, 0.15) is 0 Å². The minimum atomic E-state index is -0.117. The third-order valence-corrected chi connectivity index (χ3v) is 5.78. The van der Waals surface area contributed by atoms with Crippen molar-refractivity contribution in [3.8, 4) is 0 Å². The minimum absolute atomic E-state index is 0.117. The Hall–Kier alpha value is -1.35. The van der Waals surface area contributed by atoms with Crippen molar-refractivity contribution in [2.24, 2.45) is 0 Å². The van der Waals surface area contributed by atoms with E-state index in [4.69, 9.17) is 0 Å². The molecule has 3 rings (SSSR count).